The van der Waals surface area contributed by atoms with Crippen LogP contribution in [0.2, 0.25) is 0 Å². The summed E-state index contributed by atoms with van der Waals surface area (Å²) in [7, 11) is 1.66. The Kier molecular flexibility index (Phi) is 2.26. The maximum absolute atomic E-state index is 6.36. The first-order valence-corrected chi connectivity index (χ1v) is 5.86. The fraction of sp³-hybridized carbons (Fsp3) is 0.818. The lowest BCUT2D eigenvalue weighted by Crippen LogP contribution is -2.44. The second-order valence-corrected chi connectivity index (χ2v) is 4.98. The highest BCUT2D eigenvalue weighted by Gasteiger charge is 2.47. The molecule has 2 N–H and O–H groups in total. The van der Waals surface area contributed by atoms with Crippen molar-refractivity contribution in [2.75, 3.05) is 13.7 Å². The summed E-state index contributed by atoms with van der Waals surface area (Å²) in [5.74, 6) is 2.30. The van der Waals surface area contributed by atoms with Crippen LogP contribution in [-0.4, -0.2) is 23.9 Å². The normalized spacial score (nSPS) is 24.4. The number of methoxy groups -OCH3 is 1. The van der Waals surface area contributed by atoms with Crippen molar-refractivity contribution in [1.82, 2.24) is 10.1 Å². The number of aromatic nitrogens is 2. The van der Waals surface area contributed by atoms with Gasteiger partial charge in [0.25, 0.3) is 0 Å². The quantitative estimate of drug-likeness (QED) is 0.810. The monoisotopic (exact) mass is 223 g/mol. The molecule has 0 aliphatic heterocycles. The standard InChI is InChI=1S/C11H17N3O2/c1-15-6-11(12,8-4-5-8)10-13-9(16-14-10)7-2-3-7/h7-8H,2-6,12H2,1H3. The van der Waals surface area contributed by atoms with Gasteiger partial charge in [-0.2, -0.15) is 4.98 Å². The Bertz CT molecular complexity index is 384. The van der Waals surface area contributed by atoms with Crippen molar-refractivity contribution in [2.24, 2.45) is 11.7 Å². The van der Waals surface area contributed by atoms with Crippen LogP contribution in [0, 0.1) is 5.92 Å². The maximum atomic E-state index is 6.36. The van der Waals surface area contributed by atoms with Crippen molar-refractivity contribution in [3.63, 3.8) is 0 Å². The summed E-state index contributed by atoms with van der Waals surface area (Å²) in [6.07, 6.45) is 4.58. The highest BCUT2D eigenvalue weighted by Crippen LogP contribution is 2.45. The van der Waals surface area contributed by atoms with Crippen molar-refractivity contribution < 1.29 is 9.26 Å². The molecule has 1 aromatic rings. The van der Waals surface area contributed by atoms with E-state index in [1.807, 2.05) is 0 Å². The molecule has 3 rings (SSSR count). The first-order chi connectivity index (χ1) is 7.74. The fourth-order valence-electron chi connectivity index (χ4n) is 2.12. The molecule has 2 fully saturated rings. The summed E-state index contributed by atoms with van der Waals surface area (Å²) in [4.78, 5) is 4.44. The van der Waals surface area contributed by atoms with E-state index in [0.29, 0.717) is 24.3 Å². The highest BCUT2D eigenvalue weighted by molar-refractivity contribution is 5.13. The molecule has 16 heavy (non-hydrogen) atoms. The summed E-state index contributed by atoms with van der Waals surface area (Å²) in [6, 6.07) is 0. The first-order valence-electron chi connectivity index (χ1n) is 5.86. The molecular formula is C11H17N3O2. The first kappa shape index (κ1) is 10.2. The van der Waals surface area contributed by atoms with Gasteiger partial charge in [0.05, 0.1) is 6.61 Å². The molecule has 1 atom stereocenters. The zero-order valence-electron chi connectivity index (χ0n) is 9.48. The lowest BCUT2D eigenvalue weighted by molar-refractivity contribution is 0.112. The molecule has 0 aromatic carbocycles. The van der Waals surface area contributed by atoms with Gasteiger partial charge in [0, 0.05) is 13.0 Å². The van der Waals surface area contributed by atoms with Crippen molar-refractivity contribution in [3.8, 4) is 0 Å². The van der Waals surface area contributed by atoms with Crippen LogP contribution in [0.4, 0.5) is 0 Å². The van der Waals surface area contributed by atoms with E-state index in [-0.39, 0.29) is 0 Å². The van der Waals surface area contributed by atoms with Gasteiger partial charge >= 0.3 is 0 Å². The number of hydrogen-bond acceptors (Lipinski definition) is 5. The number of nitrogens with two attached hydrogens (primary N) is 1. The molecule has 2 saturated carbocycles. The molecule has 2 aliphatic rings. The molecule has 1 aromatic heterocycles. The van der Waals surface area contributed by atoms with Crippen LogP contribution in [0.3, 0.4) is 0 Å². The predicted molar refractivity (Wildman–Crippen MR) is 56.7 cm³/mol. The van der Waals surface area contributed by atoms with Gasteiger partial charge in [-0.05, 0) is 31.6 Å². The Morgan fingerprint density at radius 2 is 2.19 bits per heavy atom. The Labute approximate surface area is 94.3 Å². The Hall–Kier alpha value is -0.940. The maximum Gasteiger partial charge on any atom is 0.229 e. The van der Waals surface area contributed by atoms with E-state index in [1.54, 1.807) is 7.11 Å². The molecule has 0 radical (unpaired) electrons. The van der Waals surface area contributed by atoms with Crippen molar-refractivity contribution >= 4 is 0 Å². The molecular weight excluding hydrogens is 206 g/mol. The Morgan fingerprint density at radius 3 is 2.75 bits per heavy atom. The molecule has 0 spiro atoms. The molecule has 1 heterocycles. The van der Waals surface area contributed by atoms with Gasteiger partial charge in [-0.25, -0.2) is 0 Å². The van der Waals surface area contributed by atoms with E-state index in [1.165, 1.54) is 0 Å². The Morgan fingerprint density at radius 1 is 1.44 bits per heavy atom. The topological polar surface area (TPSA) is 74.2 Å². The van der Waals surface area contributed by atoms with Crippen LogP contribution in [-0.2, 0) is 10.3 Å². The van der Waals surface area contributed by atoms with Crippen LogP contribution in [0.25, 0.3) is 0 Å². The van der Waals surface area contributed by atoms with E-state index in [0.717, 1.165) is 31.6 Å². The van der Waals surface area contributed by atoms with Gasteiger partial charge < -0.3 is 15.0 Å². The van der Waals surface area contributed by atoms with Crippen molar-refractivity contribution in [1.29, 1.82) is 0 Å². The molecule has 2 aliphatic carbocycles. The molecule has 0 amide bonds. The van der Waals surface area contributed by atoms with E-state index < -0.39 is 5.54 Å². The third-order valence-electron chi connectivity index (χ3n) is 3.47. The number of ether oxygens (including phenoxy) is 1. The molecule has 0 saturated heterocycles. The zero-order chi connectivity index (χ0) is 11.2. The number of hydrogen-bond donors (Lipinski definition) is 1. The third kappa shape index (κ3) is 1.64. The van der Waals surface area contributed by atoms with Crippen molar-refractivity contribution in [3.05, 3.63) is 11.7 Å². The summed E-state index contributed by atoms with van der Waals surface area (Å²) >= 11 is 0. The van der Waals surface area contributed by atoms with Gasteiger partial charge in [-0.15, -0.1) is 0 Å². The van der Waals surface area contributed by atoms with E-state index in [4.69, 9.17) is 15.0 Å². The average Bonchev–Trinajstić information content (AvgIpc) is 3.16. The minimum atomic E-state index is -0.550. The van der Waals surface area contributed by atoms with Crippen LogP contribution in [0.5, 0.6) is 0 Å². The van der Waals surface area contributed by atoms with Gasteiger partial charge in [-0.3, -0.25) is 0 Å². The third-order valence-corrected chi connectivity index (χ3v) is 3.47. The van der Waals surface area contributed by atoms with Crippen molar-refractivity contribution in [2.45, 2.75) is 37.1 Å². The molecule has 88 valence electrons. The van der Waals surface area contributed by atoms with Gasteiger partial charge in [-0.1, -0.05) is 5.16 Å². The summed E-state index contributed by atoms with van der Waals surface area (Å²) in [6.45, 7) is 0.460. The number of nitrogens with zero attached hydrogens (tertiary/aromatic N) is 2. The summed E-state index contributed by atoms with van der Waals surface area (Å²) in [5, 5.41) is 4.04. The smallest absolute Gasteiger partial charge is 0.229 e. The van der Waals surface area contributed by atoms with Crippen LogP contribution >= 0.6 is 0 Å². The SMILES string of the molecule is COCC(N)(c1noc(C2CC2)n1)C1CC1. The molecule has 1 unspecified atom stereocenters. The predicted octanol–water partition coefficient (Wildman–Crippen LogP) is 1.16. The second kappa shape index (κ2) is 3.53. The van der Waals surface area contributed by atoms with Crippen LogP contribution in [0.1, 0.15) is 43.3 Å². The zero-order valence-corrected chi connectivity index (χ0v) is 9.48. The average molecular weight is 223 g/mol. The fourth-order valence-corrected chi connectivity index (χ4v) is 2.12. The minimum Gasteiger partial charge on any atom is -0.382 e. The molecule has 5 nitrogen and oxygen atoms in total. The van der Waals surface area contributed by atoms with Crippen LogP contribution < -0.4 is 5.73 Å². The largest absolute Gasteiger partial charge is 0.382 e. The Balaban J connectivity index is 1.85. The molecule has 5 heteroatoms. The lowest BCUT2D eigenvalue weighted by Gasteiger charge is -2.24. The van der Waals surface area contributed by atoms with Crippen LogP contribution in [0.15, 0.2) is 4.52 Å². The lowest BCUT2D eigenvalue weighted by atomic mass is 9.95. The van der Waals surface area contributed by atoms with Gasteiger partial charge in [0.15, 0.2) is 5.82 Å². The van der Waals surface area contributed by atoms with Gasteiger partial charge in [0.1, 0.15) is 5.54 Å². The minimum absolute atomic E-state index is 0.442. The second-order valence-electron chi connectivity index (χ2n) is 4.98. The molecule has 0 bridgehead atoms. The van der Waals surface area contributed by atoms with E-state index in [2.05, 4.69) is 10.1 Å². The summed E-state index contributed by atoms with van der Waals surface area (Å²) < 4.78 is 10.5. The summed E-state index contributed by atoms with van der Waals surface area (Å²) in [5.41, 5.74) is 5.81. The van der Waals surface area contributed by atoms with Gasteiger partial charge in [0.2, 0.25) is 5.89 Å². The number of rotatable bonds is 5. The van der Waals surface area contributed by atoms with E-state index >= 15 is 0 Å². The highest BCUT2D eigenvalue weighted by atomic mass is 16.5. The van der Waals surface area contributed by atoms with E-state index in [9.17, 15) is 0 Å².